The average molecular weight is 474 g/mol. The molecule has 0 radical (unpaired) electrons. The summed E-state index contributed by atoms with van der Waals surface area (Å²) in [6.07, 6.45) is 5.41. The van der Waals surface area contributed by atoms with Crippen LogP contribution in [0.5, 0.6) is 0 Å². The highest BCUT2D eigenvalue weighted by molar-refractivity contribution is 7.89. The minimum atomic E-state index is -3.60. The van der Waals surface area contributed by atoms with Gasteiger partial charge in [0.1, 0.15) is 0 Å². The van der Waals surface area contributed by atoms with Crippen molar-refractivity contribution in [3.05, 3.63) is 83.4 Å². The summed E-state index contributed by atoms with van der Waals surface area (Å²) in [5, 5.41) is 3.42. The van der Waals surface area contributed by atoms with Crippen LogP contribution in [-0.4, -0.2) is 59.4 Å². The molecule has 32 heavy (non-hydrogen) atoms. The van der Waals surface area contributed by atoms with Crippen molar-refractivity contribution in [1.82, 2.24) is 24.1 Å². The van der Waals surface area contributed by atoms with Crippen molar-refractivity contribution in [2.75, 3.05) is 26.2 Å². The highest BCUT2D eigenvalue weighted by atomic mass is 35.5. The largest absolute Gasteiger partial charge is 0.334 e. The molecule has 2 amide bonds. The molecule has 1 fully saturated rings. The molecule has 2 heterocycles. The topological polar surface area (TPSA) is 87.5 Å². The van der Waals surface area contributed by atoms with E-state index in [1.54, 1.807) is 29.6 Å². The zero-order valence-electron chi connectivity index (χ0n) is 17.4. The molecule has 1 saturated heterocycles. The zero-order valence-corrected chi connectivity index (χ0v) is 19.0. The fourth-order valence-electron chi connectivity index (χ4n) is 3.61. The Bertz CT molecular complexity index is 1160. The molecule has 1 aliphatic heterocycles. The van der Waals surface area contributed by atoms with Crippen LogP contribution in [0.3, 0.4) is 0 Å². The van der Waals surface area contributed by atoms with Gasteiger partial charge in [-0.25, -0.2) is 18.2 Å². The number of benzene rings is 2. The second kappa shape index (κ2) is 9.72. The van der Waals surface area contributed by atoms with Gasteiger partial charge in [-0.1, -0.05) is 35.9 Å². The monoisotopic (exact) mass is 473 g/mol. The summed E-state index contributed by atoms with van der Waals surface area (Å²) in [6.45, 7) is 2.28. The van der Waals surface area contributed by atoms with Gasteiger partial charge < -0.3 is 14.8 Å². The molecule has 10 heteroatoms. The summed E-state index contributed by atoms with van der Waals surface area (Å²) in [6, 6.07) is 13.9. The van der Waals surface area contributed by atoms with Crippen LogP contribution < -0.4 is 5.32 Å². The molecule has 168 valence electrons. The third kappa shape index (κ3) is 5.29. The average Bonchev–Trinajstić information content (AvgIpc) is 3.31. The van der Waals surface area contributed by atoms with E-state index < -0.39 is 10.0 Å². The molecule has 0 spiro atoms. The van der Waals surface area contributed by atoms with Gasteiger partial charge in [-0.15, -0.1) is 0 Å². The number of rotatable bonds is 6. The van der Waals surface area contributed by atoms with E-state index in [-0.39, 0.29) is 24.0 Å². The molecule has 8 nitrogen and oxygen atoms in total. The Labute approximate surface area is 192 Å². The first-order valence-corrected chi connectivity index (χ1v) is 12.1. The summed E-state index contributed by atoms with van der Waals surface area (Å²) in [7, 11) is -3.60. The van der Waals surface area contributed by atoms with Crippen molar-refractivity contribution >= 4 is 27.7 Å². The third-order valence-corrected chi connectivity index (χ3v) is 7.50. The molecule has 1 aliphatic rings. The van der Waals surface area contributed by atoms with Crippen LogP contribution in [-0.2, 0) is 23.1 Å². The number of imidazole rings is 1. The lowest BCUT2D eigenvalue weighted by Gasteiger charge is -2.34. The van der Waals surface area contributed by atoms with Gasteiger partial charge in [-0.3, -0.25) is 0 Å². The maximum atomic E-state index is 12.8. The number of hydrogen-bond donors (Lipinski definition) is 1. The third-order valence-electron chi connectivity index (χ3n) is 5.34. The normalized spacial score (nSPS) is 15.0. The number of piperazine rings is 1. The van der Waals surface area contributed by atoms with Gasteiger partial charge in [-0.2, -0.15) is 4.31 Å². The Kier molecular flexibility index (Phi) is 6.78. The summed E-state index contributed by atoms with van der Waals surface area (Å²) in [5.74, 6) is 0. The molecule has 0 unspecified atom stereocenters. The highest BCUT2D eigenvalue weighted by Crippen LogP contribution is 2.20. The Balaban J connectivity index is 1.29. The van der Waals surface area contributed by atoms with Crippen LogP contribution in [0.2, 0.25) is 5.02 Å². The van der Waals surface area contributed by atoms with Crippen molar-refractivity contribution in [3.8, 4) is 0 Å². The molecule has 2 aromatic carbocycles. The number of halogens is 1. The van der Waals surface area contributed by atoms with Crippen LogP contribution >= 0.6 is 11.6 Å². The number of urea groups is 1. The summed E-state index contributed by atoms with van der Waals surface area (Å²) in [5.41, 5.74) is 2.12. The SMILES string of the molecule is O=C(NCc1cccc(Cn2ccnc2)c1)N1CCN(S(=O)(=O)c2ccc(Cl)cc2)CC1. The summed E-state index contributed by atoms with van der Waals surface area (Å²) in [4.78, 5) is 18.5. The Morgan fingerprint density at radius 3 is 2.44 bits per heavy atom. The molecule has 4 rings (SSSR count). The number of hydrogen-bond acceptors (Lipinski definition) is 4. The van der Waals surface area contributed by atoms with E-state index in [2.05, 4.69) is 16.4 Å². The lowest BCUT2D eigenvalue weighted by atomic mass is 10.1. The molecule has 0 aliphatic carbocycles. The predicted octanol–water partition coefficient (Wildman–Crippen LogP) is 2.80. The van der Waals surface area contributed by atoms with Crippen molar-refractivity contribution in [3.63, 3.8) is 0 Å². The Hall–Kier alpha value is -2.88. The van der Waals surface area contributed by atoms with E-state index in [1.807, 2.05) is 29.0 Å². The molecule has 0 atom stereocenters. The van der Waals surface area contributed by atoms with Crippen LogP contribution in [0, 0.1) is 0 Å². The maximum Gasteiger partial charge on any atom is 0.317 e. The number of sulfonamides is 1. The molecular weight excluding hydrogens is 450 g/mol. The quantitative estimate of drug-likeness (QED) is 0.596. The molecule has 0 saturated carbocycles. The van der Waals surface area contributed by atoms with E-state index in [9.17, 15) is 13.2 Å². The maximum absolute atomic E-state index is 12.8. The van der Waals surface area contributed by atoms with Gasteiger partial charge in [0.05, 0.1) is 11.2 Å². The zero-order chi connectivity index (χ0) is 22.6. The first-order chi connectivity index (χ1) is 15.4. The predicted molar refractivity (Wildman–Crippen MR) is 122 cm³/mol. The fourth-order valence-corrected chi connectivity index (χ4v) is 5.15. The molecular formula is C22H24ClN5O3S. The van der Waals surface area contributed by atoms with E-state index in [0.717, 1.165) is 11.1 Å². The number of carbonyl (C=O) groups is 1. The Morgan fingerprint density at radius 2 is 1.75 bits per heavy atom. The fraction of sp³-hybridized carbons (Fsp3) is 0.273. The number of amides is 2. The smallest absolute Gasteiger partial charge is 0.317 e. The van der Waals surface area contributed by atoms with E-state index in [0.29, 0.717) is 31.2 Å². The van der Waals surface area contributed by atoms with E-state index in [4.69, 9.17) is 11.6 Å². The lowest BCUT2D eigenvalue weighted by molar-refractivity contribution is 0.172. The number of aromatic nitrogens is 2. The second-order valence-electron chi connectivity index (χ2n) is 7.56. The van der Waals surface area contributed by atoms with Gasteiger partial charge in [0.15, 0.2) is 0 Å². The highest BCUT2D eigenvalue weighted by Gasteiger charge is 2.30. The first-order valence-electron chi connectivity index (χ1n) is 10.2. The van der Waals surface area contributed by atoms with Crippen LogP contribution in [0.1, 0.15) is 11.1 Å². The van der Waals surface area contributed by atoms with Crippen molar-refractivity contribution in [1.29, 1.82) is 0 Å². The van der Waals surface area contributed by atoms with Gasteiger partial charge in [0.25, 0.3) is 0 Å². The first kappa shape index (κ1) is 22.3. The van der Waals surface area contributed by atoms with E-state index in [1.165, 1.54) is 16.4 Å². The van der Waals surface area contributed by atoms with Crippen molar-refractivity contribution in [2.45, 2.75) is 18.0 Å². The standard InChI is InChI=1S/C22H24ClN5O3S/c23-20-4-6-21(7-5-20)32(30,31)28-12-10-27(11-13-28)22(29)25-15-18-2-1-3-19(14-18)16-26-9-8-24-17-26/h1-9,14,17H,10-13,15-16H2,(H,25,29). The molecule has 3 aromatic rings. The van der Waals surface area contributed by atoms with E-state index >= 15 is 0 Å². The van der Waals surface area contributed by atoms with Crippen LogP contribution in [0.15, 0.2) is 72.1 Å². The molecule has 1 N–H and O–H groups in total. The van der Waals surface area contributed by atoms with Gasteiger partial charge in [-0.05, 0) is 35.4 Å². The number of carbonyl (C=O) groups excluding carboxylic acids is 1. The summed E-state index contributed by atoms with van der Waals surface area (Å²) < 4.78 is 29.0. The van der Waals surface area contributed by atoms with Gasteiger partial charge >= 0.3 is 6.03 Å². The van der Waals surface area contributed by atoms with Gasteiger partial charge in [0, 0.05) is 56.7 Å². The molecule has 0 bridgehead atoms. The summed E-state index contributed by atoms with van der Waals surface area (Å²) >= 11 is 5.85. The minimum Gasteiger partial charge on any atom is -0.334 e. The lowest BCUT2D eigenvalue weighted by Crippen LogP contribution is -2.52. The second-order valence-corrected chi connectivity index (χ2v) is 9.93. The molecule has 1 aromatic heterocycles. The number of nitrogens with zero attached hydrogens (tertiary/aromatic N) is 4. The van der Waals surface area contributed by atoms with Crippen molar-refractivity contribution in [2.24, 2.45) is 0 Å². The van der Waals surface area contributed by atoms with Gasteiger partial charge in [0.2, 0.25) is 10.0 Å². The van der Waals surface area contributed by atoms with Crippen LogP contribution in [0.25, 0.3) is 0 Å². The van der Waals surface area contributed by atoms with Crippen LogP contribution in [0.4, 0.5) is 4.79 Å². The Morgan fingerprint density at radius 1 is 1.03 bits per heavy atom. The number of nitrogens with one attached hydrogen (secondary N) is 1. The van der Waals surface area contributed by atoms with Crippen molar-refractivity contribution < 1.29 is 13.2 Å². The minimum absolute atomic E-state index is 0.200.